The van der Waals surface area contributed by atoms with E-state index < -0.39 is 0 Å². The van der Waals surface area contributed by atoms with E-state index in [-0.39, 0.29) is 28.5 Å². The molecule has 2 aliphatic rings. The molecule has 5 heteroatoms. The van der Waals surface area contributed by atoms with Crippen LogP contribution in [0.4, 0.5) is 0 Å². The van der Waals surface area contributed by atoms with E-state index in [2.05, 4.69) is 60.0 Å². The van der Waals surface area contributed by atoms with Crippen molar-refractivity contribution in [1.82, 2.24) is 10.5 Å². The van der Waals surface area contributed by atoms with Crippen LogP contribution in [0.15, 0.2) is 46.4 Å². The summed E-state index contributed by atoms with van der Waals surface area (Å²) >= 11 is 6.07. The smallest absolute Gasteiger partial charge is 0.141 e. The number of nitrogens with one attached hydrogen (secondary N) is 1. The van der Waals surface area contributed by atoms with Gasteiger partial charge < -0.3 is 5.11 Å². The second kappa shape index (κ2) is 7.41. The maximum atomic E-state index is 11.0. The first-order valence-electron chi connectivity index (χ1n) is 9.32. The van der Waals surface area contributed by atoms with Crippen molar-refractivity contribution in [3.05, 3.63) is 46.4 Å². The first kappa shape index (κ1) is 21.1. The highest BCUT2D eigenvalue weighted by atomic mass is 35.5. The Hall–Kier alpha value is -1.23. The highest BCUT2D eigenvalue weighted by Gasteiger charge is 2.36. The van der Waals surface area contributed by atoms with Crippen molar-refractivity contribution in [2.24, 2.45) is 28.5 Å². The molecule has 3 atom stereocenters. The molecule has 0 aromatic heterocycles. The van der Waals surface area contributed by atoms with E-state index in [4.69, 9.17) is 17.4 Å². The van der Waals surface area contributed by atoms with Gasteiger partial charge in [0.15, 0.2) is 0 Å². The molecule has 0 saturated carbocycles. The van der Waals surface area contributed by atoms with Crippen molar-refractivity contribution in [1.29, 1.82) is 0 Å². The summed E-state index contributed by atoms with van der Waals surface area (Å²) in [5.74, 6) is 7.13. The lowest BCUT2D eigenvalue weighted by atomic mass is 9.69. The first-order valence-corrected chi connectivity index (χ1v) is 9.70. The molecular weight excluding hydrogens is 346 g/mol. The van der Waals surface area contributed by atoms with Gasteiger partial charge in [0, 0.05) is 5.03 Å². The summed E-state index contributed by atoms with van der Waals surface area (Å²) in [4.78, 5) is 0. The molecule has 2 rings (SSSR count). The lowest BCUT2D eigenvalue weighted by Crippen LogP contribution is -2.51. The number of halogens is 1. The van der Waals surface area contributed by atoms with Crippen LogP contribution in [0, 0.1) is 22.7 Å². The number of aliphatic hydroxyl groups is 1. The van der Waals surface area contributed by atoms with Gasteiger partial charge >= 0.3 is 0 Å². The molecule has 0 spiro atoms. The molecule has 0 aliphatic heterocycles. The Labute approximate surface area is 163 Å². The SMILES string of the molecule is CC1C=C(Cl)C=CC1NN(N)C1=CC(C(C)(C)C)CC(C(C)(C)C)=C1O. The van der Waals surface area contributed by atoms with E-state index in [9.17, 15) is 5.11 Å². The molecule has 0 heterocycles. The zero-order valence-electron chi connectivity index (χ0n) is 17.1. The van der Waals surface area contributed by atoms with Crippen molar-refractivity contribution < 1.29 is 5.11 Å². The quantitative estimate of drug-likeness (QED) is 0.467. The molecule has 0 aromatic rings. The topological polar surface area (TPSA) is 61.5 Å². The first-order chi connectivity index (χ1) is 11.8. The van der Waals surface area contributed by atoms with E-state index in [1.54, 1.807) is 0 Å². The van der Waals surface area contributed by atoms with Crippen molar-refractivity contribution in [2.45, 2.75) is 60.9 Å². The molecule has 0 amide bonds. The van der Waals surface area contributed by atoms with Crippen LogP contribution < -0.4 is 11.3 Å². The molecule has 4 N–H and O–H groups in total. The summed E-state index contributed by atoms with van der Waals surface area (Å²) in [5, 5.41) is 13.2. The van der Waals surface area contributed by atoms with Gasteiger partial charge in [0.25, 0.3) is 0 Å². The van der Waals surface area contributed by atoms with Crippen LogP contribution in [0.25, 0.3) is 0 Å². The molecule has 0 bridgehead atoms. The molecule has 26 heavy (non-hydrogen) atoms. The third-order valence-electron chi connectivity index (χ3n) is 5.33. The van der Waals surface area contributed by atoms with Crippen molar-refractivity contribution in [2.75, 3.05) is 0 Å². The summed E-state index contributed by atoms with van der Waals surface area (Å²) < 4.78 is 0. The average molecular weight is 380 g/mol. The van der Waals surface area contributed by atoms with Crippen LogP contribution in [0.2, 0.25) is 0 Å². The van der Waals surface area contributed by atoms with Crippen LogP contribution in [0.5, 0.6) is 0 Å². The average Bonchev–Trinajstić information content (AvgIpc) is 2.47. The van der Waals surface area contributed by atoms with Crippen LogP contribution in [-0.2, 0) is 0 Å². The highest BCUT2D eigenvalue weighted by Crippen LogP contribution is 2.44. The maximum absolute atomic E-state index is 11.0. The molecule has 146 valence electrons. The summed E-state index contributed by atoms with van der Waals surface area (Å²) in [7, 11) is 0. The molecule has 4 nitrogen and oxygen atoms in total. The number of hydrazine groups is 2. The Morgan fingerprint density at radius 1 is 1.19 bits per heavy atom. The fourth-order valence-corrected chi connectivity index (χ4v) is 3.66. The second-order valence-electron chi connectivity index (χ2n) is 9.60. The standard InChI is InChI=1S/C21H34ClN3O/c1-13-10-15(22)8-9-17(13)24-25(23)18-12-14(20(2,3)4)11-16(19(18)26)21(5,6)7/h8-10,12-14,17,24,26H,11,23H2,1-7H3. The number of nitrogens with zero attached hydrogens (tertiary/aromatic N) is 1. The van der Waals surface area contributed by atoms with Crippen LogP contribution >= 0.6 is 11.6 Å². The van der Waals surface area contributed by atoms with E-state index in [1.807, 2.05) is 18.2 Å². The largest absolute Gasteiger partial charge is 0.506 e. The number of rotatable bonds is 3. The maximum Gasteiger partial charge on any atom is 0.141 e. The van der Waals surface area contributed by atoms with Gasteiger partial charge in [-0.05, 0) is 40.7 Å². The van der Waals surface area contributed by atoms with Crippen molar-refractivity contribution >= 4 is 11.6 Å². The lowest BCUT2D eigenvalue weighted by molar-refractivity contribution is 0.179. The molecule has 3 unspecified atom stereocenters. The highest BCUT2D eigenvalue weighted by molar-refractivity contribution is 6.31. The summed E-state index contributed by atoms with van der Waals surface area (Å²) in [6.45, 7) is 15.2. The molecule has 2 aliphatic carbocycles. The second-order valence-corrected chi connectivity index (χ2v) is 10.0. The molecule has 0 fully saturated rings. The minimum atomic E-state index is -0.123. The Balaban J connectivity index is 2.32. The third kappa shape index (κ3) is 4.73. The number of hydrogen-bond acceptors (Lipinski definition) is 4. The van der Waals surface area contributed by atoms with Crippen molar-refractivity contribution in [3.8, 4) is 0 Å². The molecule has 0 aromatic carbocycles. The molecular formula is C21H34ClN3O. The van der Waals surface area contributed by atoms with Gasteiger partial charge in [-0.1, -0.05) is 78.3 Å². The summed E-state index contributed by atoms with van der Waals surface area (Å²) in [5.41, 5.74) is 4.93. The Kier molecular flexibility index (Phi) is 6.01. The van der Waals surface area contributed by atoms with E-state index >= 15 is 0 Å². The van der Waals surface area contributed by atoms with Gasteiger partial charge in [0.1, 0.15) is 11.5 Å². The van der Waals surface area contributed by atoms with E-state index in [1.165, 1.54) is 5.12 Å². The van der Waals surface area contributed by atoms with Gasteiger partial charge in [0.05, 0.1) is 6.04 Å². The summed E-state index contributed by atoms with van der Waals surface area (Å²) in [6.07, 6.45) is 8.81. The van der Waals surface area contributed by atoms with Crippen LogP contribution in [-0.4, -0.2) is 16.3 Å². The monoisotopic (exact) mass is 379 g/mol. The number of aliphatic hydroxyl groups excluding tert-OH is 1. The van der Waals surface area contributed by atoms with Gasteiger partial charge in [-0.2, -0.15) is 0 Å². The Bertz CT molecular complexity index is 662. The van der Waals surface area contributed by atoms with Gasteiger partial charge in [-0.3, -0.25) is 0 Å². The predicted molar refractivity (Wildman–Crippen MR) is 110 cm³/mol. The number of hydrogen-bond donors (Lipinski definition) is 3. The Morgan fingerprint density at radius 2 is 1.81 bits per heavy atom. The van der Waals surface area contributed by atoms with E-state index in [0.717, 1.165) is 17.0 Å². The third-order valence-corrected chi connectivity index (χ3v) is 5.58. The van der Waals surface area contributed by atoms with Gasteiger partial charge in [-0.15, -0.1) is 0 Å². The van der Waals surface area contributed by atoms with Crippen molar-refractivity contribution in [3.63, 3.8) is 0 Å². The fraction of sp³-hybridized carbons (Fsp3) is 0.619. The number of allylic oxidation sites excluding steroid dienone is 4. The zero-order chi connectivity index (χ0) is 19.9. The van der Waals surface area contributed by atoms with E-state index in [0.29, 0.717) is 11.6 Å². The molecule has 0 radical (unpaired) electrons. The minimum absolute atomic E-state index is 0.0179. The minimum Gasteiger partial charge on any atom is -0.506 e. The van der Waals surface area contributed by atoms with Crippen LogP contribution in [0.1, 0.15) is 54.9 Å². The predicted octanol–water partition coefficient (Wildman–Crippen LogP) is 5.17. The van der Waals surface area contributed by atoms with Gasteiger partial charge in [0.2, 0.25) is 0 Å². The van der Waals surface area contributed by atoms with Crippen LogP contribution in [0.3, 0.4) is 0 Å². The normalized spacial score (nSPS) is 27.3. The number of nitrogens with two attached hydrogens (primary N) is 1. The Morgan fingerprint density at radius 3 is 2.31 bits per heavy atom. The summed E-state index contributed by atoms with van der Waals surface area (Å²) in [6, 6.07) is 0.0179. The lowest BCUT2D eigenvalue weighted by Gasteiger charge is -2.40. The molecule has 0 saturated heterocycles. The zero-order valence-corrected chi connectivity index (χ0v) is 17.9. The fourth-order valence-electron chi connectivity index (χ4n) is 3.38. The van der Waals surface area contributed by atoms with Gasteiger partial charge in [-0.25, -0.2) is 16.4 Å².